The van der Waals surface area contributed by atoms with Gasteiger partial charge in [0, 0.05) is 31.2 Å². The standard InChI is InChI=1S/C23H27FN2O2/c1-17(2)26(15-18-7-4-3-5-8-18)23(28)20-9-6-14-25(16-20)22(27)19-10-12-21(24)13-11-19/h3-5,7-8,10-13,17,20H,6,9,14-16H2,1-2H3. The molecule has 2 aromatic carbocycles. The van der Waals surface area contributed by atoms with Crippen LogP contribution in [0.25, 0.3) is 0 Å². The summed E-state index contributed by atoms with van der Waals surface area (Å²) in [4.78, 5) is 29.6. The van der Waals surface area contributed by atoms with Crippen molar-refractivity contribution < 1.29 is 14.0 Å². The predicted molar refractivity (Wildman–Crippen MR) is 107 cm³/mol. The number of benzene rings is 2. The lowest BCUT2D eigenvalue weighted by Gasteiger charge is -2.36. The van der Waals surface area contributed by atoms with Crippen LogP contribution in [0.2, 0.25) is 0 Å². The van der Waals surface area contributed by atoms with Crippen LogP contribution < -0.4 is 0 Å². The largest absolute Gasteiger partial charge is 0.338 e. The van der Waals surface area contributed by atoms with Gasteiger partial charge in [0.1, 0.15) is 5.82 Å². The number of hydrogen-bond acceptors (Lipinski definition) is 2. The van der Waals surface area contributed by atoms with Crippen LogP contribution in [0.15, 0.2) is 54.6 Å². The van der Waals surface area contributed by atoms with Crippen molar-refractivity contribution in [3.63, 3.8) is 0 Å². The molecule has 1 saturated heterocycles. The van der Waals surface area contributed by atoms with Crippen molar-refractivity contribution in [2.75, 3.05) is 13.1 Å². The molecule has 148 valence electrons. The van der Waals surface area contributed by atoms with Crippen LogP contribution in [-0.2, 0) is 11.3 Å². The molecule has 1 aliphatic rings. The molecule has 28 heavy (non-hydrogen) atoms. The van der Waals surface area contributed by atoms with Crippen LogP contribution in [0, 0.1) is 11.7 Å². The highest BCUT2D eigenvalue weighted by molar-refractivity contribution is 5.94. The van der Waals surface area contributed by atoms with Gasteiger partial charge in [-0.05, 0) is 56.5 Å². The lowest BCUT2D eigenvalue weighted by atomic mass is 9.95. The van der Waals surface area contributed by atoms with Gasteiger partial charge >= 0.3 is 0 Å². The lowest BCUT2D eigenvalue weighted by Crippen LogP contribution is -2.48. The zero-order chi connectivity index (χ0) is 20.1. The van der Waals surface area contributed by atoms with Crippen molar-refractivity contribution >= 4 is 11.8 Å². The highest BCUT2D eigenvalue weighted by Gasteiger charge is 2.32. The molecule has 0 radical (unpaired) electrons. The van der Waals surface area contributed by atoms with Crippen molar-refractivity contribution in [1.29, 1.82) is 0 Å². The summed E-state index contributed by atoms with van der Waals surface area (Å²) < 4.78 is 13.1. The van der Waals surface area contributed by atoms with E-state index in [4.69, 9.17) is 0 Å². The Kier molecular flexibility index (Phi) is 6.45. The number of carbonyl (C=O) groups excluding carboxylic acids is 2. The first-order chi connectivity index (χ1) is 13.5. The normalized spacial score (nSPS) is 16.9. The summed E-state index contributed by atoms with van der Waals surface area (Å²) in [6.45, 7) is 5.64. The number of halogens is 1. The van der Waals surface area contributed by atoms with Crippen molar-refractivity contribution in [3.05, 3.63) is 71.5 Å². The Morgan fingerprint density at radius 3 is 2.43 bits per heavy atom. The summed E-state index contributed by atoms with van der Waals surface area (Å²) in [5.74, 6) is -0.617. The third-order valence-corrected chi connectivity index (χ3v) is 5.25. The molecule has 1 aliphatic heterocycles. The number of hydrogen-bond donors (Lipinski definition) is 0. The fraction of sp³-hybridized carbons (Fsp3) is 0.391. The number of amides is 2. The second-order valence-electron chi connectivity index (χ2n) is 7.64. The third kappa shape index (κ3) is 4.77. The molecule has 1 fully saturated rings. The number of rotatable bonds is 5. The van der Waals surface area contributed by atoms with Crippen molar-refractivity contribution in [2.45, 2.75) is 39.3 Å². The highest BCUT2D eigenvalue weighted by atomic mass is 19.1. The average molecular weight is 382 g/mol. The molecule has 0 aromatic heterocycles. The molecule has 0 aliphatic carbocycles. The van der Waals surface area contributed by atoms with E-state index in [1.165, 1.54) is 24.3 Å². The summed E-state index contributed by atoms with van der Waals surface area (Å²) in [6, 6.07) is 15.6. The Hall–Kier alpha value is -2.69. The van der Waals surface area contributed by atoms with Gasteiger partial charge in [0.25, 0.3) is 5.91 Å². The van der Waals surface area contributed by atoms with Gasteiger partial charge in [-0.15, -0.1) is 0 Å². The van der Waals surface area contributed by atoms with Crippen LogP contribution in [0.4, 0.5) is 4.39 Å². The number of likely N-dealkylation sites (tertiary alicyclic amines) is 1. The molecule has 5 heteroatoms. The van der Waals surface area contributed by atoms with Crippen LogP contribution >= 0.6 is 0 Å². The molecule has 1 atom stereocenters. The zero-order valence-corrected chi connectivity index (χ0v) is 16.5. The van der Waals surface area contributed by atoms with E-state index in [0.29, 0.717) is 25.2 Å². The molecule has 0 saturated carbocycles. The average Bonchev–Trinajstić information content (AvgIpc) is 2.72. The molecular formula is C23H27FN2O2. The van der Waals surface area contributed by atoms with Gasteiger partial charge in [0.2, 0.25) is 5.91 Å². The second kappa shape index (κ2) is 9.00. The Bertz CT molecular complexity index is 805. The summed E-state index contributed by atoms with van der Waals surface area (Å²) >= 11 is 0. The maximum Gasteiger partial charge on any atom is 0.253 e. The van der Waals surface area contributed by atoms with Crippen LogP contribution in [0.3, 0.4) is 0 Å². The Morgan fingerprint density at radius 1 is 1.11 bits per heavy atom. The van der Waals surface area contributed by atoms with E-state index in [9.17, 15) is 14.0 Å². The Labute approximate surface area is 166 Å². The third-order valence-electron chi connectivity index (χ3n) is 5.25. The summed E-state index contributed by atoms with van der Waals surface area (Å²) in [7, 11) is 0. The zero-order valence-electron chi connectivity index (χ0n) is 16.5. The Balaban J connectivity index is 1.70. The molecule has 2 amide bonds. The van der Waals surface area contributed by atoms with E-state index in [-0.39, 0.29) is 29.6 Å². The van der Waals surface area contributed by atoms with Gasteiger partial charge < -0.3 is 9.80 Å². The van der Waals surface area contributed by atoms with Gasteiger partial charge in [-0.25, -0.2) is 4.39 Å². The van der Waals surface area contributed by atoms with Gasteiger partial charge in [-0.2, -0.15) is 0 Å². The van der Waals surface area contributed by atoms with E-state index >= 15 is 0 Å². The Morgan fingerprint density at radius 2 is 1.79 bits per heavy atom. The van der Waals surface area contributed by atoms with Gasteiger partial charge in [-0.1, -0.05) is 30.3 Å². The van der Waals surface area contributed by atoms with E-state index < -0.39 is 0 Å². The van der Waals surface area contributed by atoms with E-state index in [1.807, 2.05) is 49.1 Å². The van der Waals surface area contributed by atoms with Crippen LogP contribution in [0.1, 0.15) is 42.6 Å². The molecule has 2 aromatic rings. The minimum atomic E-state index is -0.364. The molecule has 1 heterocycles. The van der Waals surface area contributed by atoms with Crippen LogP contribution in [-0.4, -0.2) is 40.7 Å². The molecule has 0 spiro atoms. The molecular weight excluding hydrogens is 355 g/mol. The van der Waals surface area contributed by atoms with Gasteiger partial charge in [-0.3, -0.25) is 9.59 Å². The molecule has 3 rings (SSSR count). The van der Waals surface area contributed by atoms with Gasteiger partial charge in [0.05, 0.1) is 5.92 Å². The first-order valence-corrected chi connectivity index (χ1v) is 9.85. The lowest BCUT2D eigenvalue weighted by molar-refractivity contribution is -0.139. The minimum absolute atomic E-state index is 0.0795. The SMILES string of the molecule is CC(C)N(Cc1ccccc1)C(=O)C1CCCN(C(=O)c2ccc(F)cc2)C1. The van der Waals surface area contributed by atoms with E-state index in [2.05, 4.69) is 0 Å². The first kappa shape index (κ1) is 20.1. The molecule has 4 nitrogen and oxygen atoms in total. The molecule has 0 bridgehead atoms. The topological polar surface area (TPSA) is 40.6 Å². The summed E-state index contributed by atoms with van der Waals surface area (Å²) in [5, 5.41) is 0. The quantitative estimate of drug-likeness (QED) is 0.781. The summed E-state index contributed by atoms with van der Waals surface area (Å²) in [6.07, 6.45) is 1.57. The fourth-order valence-electron chi connectivity index (χ4n) is 3.67. The monoisotopic (exact) mass is 382 g/mol. The van der Waals surface area contributed by atoms with Crippen molar-refractivity contribution in [1.82, 2.24) is 9.80 Å². The predicted octanol–water partition coefficient (Wildman–Crippen LogP) is 4.12. The highest BCUT2D eigenvalue weighted by Crippen LogP contribution is 2.23. The smallest absolute Gasteiger partial charge is 0.253 e. The van der Waals surface area contributed by atoms with Crippen molar-refractivity contribution in [2.24, 2.45) is 5.92 Å². The molecule has 1 unspecified atom stereocenters. The van der Waals surface area contributed by atoms with E-state index in [0.717, 1.165) is 18.4 Å². The minimum Gasteiger partial charge on any atom is -0.338 e. The number of nitrogens with zero attached hydrogens (tertiary/aromatic N) is 2. The summed E-state index contributed by atoms with van der Waals surface area (Å²) in [5.41, 5.74) is 1.55. The molecule has 0 N–H and O–H groups in total. The van der Waals surface area contributed by atoms with Gasteiger partial charge in [0.15, 0.2) is 0 Å². The van der Waals surface area contributed by atoms with Crippen LogP contribution in [0.5, 0.6) is 0 Å². The number of carbonyl (C=O) groups is 2. The second-order valence-corrected chi connectivity index (χ2v) is 7.64. The first-order valence-electron chi connectivity index (χ1n) is 9.85. The van der Waals surface area contributed by atoms with E-state index in [1.54, 1.807) is 4.90 Å². The maximum atomic E-state index is 13.2. The maximum absolute atomic E-state index is 13.2. The van der Waals surface area contributed by atoms with Crippen molar-refractivity contribution in [3.8, 4) is 0 Å². The number of piperidine rings is 1. The fourth-order valence-corrected chi connectivity index (χ4v) is 3.67.